The molecule has 1 atom stereocenters. The number of carbonyl (C=O) groups is 2. The van der Waals surface area contributed by atoms with Crippen LogP contribution in [-0.2, 0) is 4.79 Å². The summed E-state index contributed by atoms with van der Waals surface area (Å²) >= 11 is 1.09. The van der Waals surface area contributed by atoms with Gasteiger partial charge in [-0.1, -0.05) is 41.7 Å². The lowest BCUT2D eigenvalue weighted by Gasteiger charge is -2.34. The predicted octanol–water partition coefficient (Wildman–Crippen LogP) is 4.24. The van der Waals surface area contributed by atoms with Gasteiger partial charge in [0.2, 0.25) is 5.91 Å². The van der Waals surface area contributed by atoms with Crippen LogP contribution in [0, 0.1) is 0 Å². The molecule has 0 unspecified atom stereocenters. The minimum atomic E-state index is -0.933. The number of carbonyl (C=O) groups excluding carboxylic acids is 2. The molecule has 162 valence electrons. The van der Waals surface area contributed by atoms with Crippen molar-refractivity contribution in [1.82, 2.24) is 14.9 Å². The molecule has 31 heavy (non-hydrogen) atoms. The molecule has 0 saturated heterocycles. The van der Waals surface area contributed by atoms with Gasteiger partial charge in [0.25, 0.3) is 5.91 Å². The van der Waals surface area contributed by atoms with Gasteiger partial charge in [0.05, 0.1) is 7.11 Å². The van der Waals surface area contributed by atoms with Crippen LogP contribution in [0.15, 0.2) is 60.0 Å². The number of rotatable bonds is 8. The maximum atomic E-state index is 13.6. The van der Waals surface area contributed by atoms with Gasteiger partial charge in [0.15, 0.2) is 5.69 Å². The Morgan fingerprint density at radius 1 is 1.16 bits per heavy atom. The second kappa shape index (κ2) is 9.70. The highest BCUT2D eigenvalue weighted by Gasteiger charge is 2.36. The third-order valence-electron chi connectivity index (χ3n) is 5.09. The number of benzene rings is 2. The molecule has 0 spiro atoms. The average molecular weight is 439 g/mol. The lowest BCUT2D eigenvalue weighted by molar-refractivity contribution is -0.124. The maximum Gasteiger partial charge on any atom is 0.280 e. The van der Waals surface area contributed by atoms with Crippen LogP contribution in [0.3, 0.4) is 0 Å². The van der Waals surface area contributed by atoms with Crippen molar-refractivity contribution in [2.24, 2.45) is 0 Å². The number of methoxy groups -OCH3 is 1. The van der Waals surface area contributed by atoms with E-state index in [1.54, 1.807) is 42.8 Å². The first-order valence-corrected chi connectivity index (χ1v) is 10.8. The summed E-state index contributed by atoms with van der Waals surface area (Å²) < 4.78 is 9.19. The zero-order valence-corrected chi connectivity index (χ0v) is 18.8. The summed E-state index contributed by atoms with van der Waals surface area (Å²) in [6, 6.07) is 15.4. The van der Waals surface area contributed by atoms with Gasteiger partial charge >= 0.3 is 0 Å². The fourth-order valence-corrected chi connectivity index (χ4v) is 3.50. The third-order valence-corrected chi connectivity index (χ3v) is 5.60. The van der Waals surface area contributed by atoms with Crippen molar-refractivity contribution in [3.8, 4) is 5.75 Å². The number of hydrogen-bond acceptors (Lipinski definition) is 6. The van der Waals surface area contributed by atoms with E-state index in [0.717, 1.165) is 18.0 Å². The van der Waals surface area contributed by atoms with Gasteiger partial charge in [-0.25, -0.2) is 0 Å². The summed E-state index contributed by atoms with van der Waals surface area (Å²) in [5.74, 6) is -0.0986. The Bertz CT molecular complexity index is 1020. The highest BCUT2D eigenvalue weighted by atomic mass is 32.1. The molecule has 1 heterocycles. The molecule has 2 aromatic carbocycles. The Morgan fingerprint density at radius 3 is 2.52 bits per heavy atom. The van der Waals surface area contributed by atoms with Gasteiger partial charge < -0.3 is 10.1 Å². The number of nitrogens with zero attached hydrogens (tertiary/aromatic N) is 3. The van der Waals surface area contributed by atoms with E-state index in [0.29, 0.717) is 17.0 Å². The monoisotopic (exact) mass is 438 g/mol. The molecule has 0 aliphatic heterocycles. The molecule has 1 aromatic heterocycles. The summed E-state index contributed by atoms with van der Waals surface area (Å²) in [5.41, 5.74) is 0.952. The van der Waals surface area contributed by atoms with Crippen molar-refractivity contribution < 1.29 is 14.3 Å². The van der Waals surface area contributed by atoms with Crippen LogP contribution in [0.5, 0.6) is 5.75 Å². The van der Waals surface area contributed by atoms with Crippen LogP contribution in [0.25, 0.3) is 0 Å². The molecule has 1 N–H and O–H groups in total. The fraction of sp³-hybridized carbons (Fsp3) is 0.304. The van der Waals surface area contributed by atoms with Gasteiger partial charge in [-0.2, -0.15) is 0 Å². The lowest BCUT2D eigenvalue weighted by Crippen LogP contribution is -2.50. The maximum absolute atomic E-state index is 13.6. The molecule has 8 heteroatoms. The molecule has 3 aromatic rings. The molecule has 0 saturated carbocycles. The minimum Gasteiger partial charge on any atom is -0.497 e. The molecule has 3 rings (SSSR count). The Morgan fingerprint density at radius 2 is 1.90 bits per heavy atom. The molecule has 0 fully saturated rings. The zero-order chi connectivity index (χ0) is 22.4. The number of hydrogen-bond donors (Lipinski definition) is 1. The Kier molecular flexibility index (Phi) is 7.02. The Labute approximate surface area is 186 Å². The van der Waals surface area contributed by atoms with E-state index in [2.05, 4.69) is 14.9 Å². The van der Waals surface area contributed by atoms with Gasteiger partial charge in [-0.05, 0) is 61.6 Å². The largest absolute Gasteiger partial charge is 0.497 e. The average Bonchev–Trinajstić information content (AvgIpc) is 3.32. The van der Waals surface area contributed by atoms with Crippen molar-refractivity contribution in [1.29, 1.82) is 0 Å². The third kappa shape index (κ3) is 5.27. The Hall–Kier alpha value is -3.26. The van der Waals surface area contributed by atoms with E-state index in [1.165, 1.54) is 4.90 Å². The lowest BCUT2D eigenvalue weighted by atomic mass is 9.98. The second-order valence-corrected chi connectivity index (χ2v) is 8.32. The number of para-hydroxylation sites is 1. The van der Waals surface area contributed by atoms with Crippen molar-refractivity contribution in [2.75, 3.05) is 12.0 Å². The second-order valence-electron chi connectivity index (χ2n) is 7.71. The van der Waals surface area contributed by atoms with Crippen LogP contribution in [0.2, 0.25) is 0 Å². The first kappa shape index (κ1) is 22.4. The summed E-state index contributed by atoms with van der Waals surface area (Å²) in [6.07, 6.45) is 0.735. The van der Waals surface area contributed by atoms with Crippen LogP contribution < -0.4 is 15.0 Å². The summed E-state index contributed by atoms with van der Waals surface area (Å²) in [6.45, 7) is 5.90. The molecule has 0 aliphatic carbocycles. The zero-order valence-electron chi connectivity index (χ0n) is 18.0. The van der Waals surface area contributed by atoms with E-state index in [4.69, 9.17) is 4.74 Å². The van der Waals surface area contributed by atoms with E-state index >= 15 is 0 Å². The molecular formula is C23H26N4O3S. The van der Waals surface area contributed by atoms with Crippen molar-refractivity contribution in [3.05, 3.63) is 71.2 Å². The quantitative estimate of drug-likeness (QED) is 0.569. The number of aromatic nitrogens is 2. The minimum absolute atomic E-state index is 0.185. The SMILES string of the molecule is CCC(C)(C)NC(=O)[C@@H](c1cccc(OC)c1)N(C(=O)c1csnn1)c1ccccc1. The standard InChI is InChI=1S/C23H26N4O3S/c1-5-23(2,3)24-21(28)20(16-10-9-13-18(14-16)30-4)27(17-11-7-6-8-12-17)22(29)19-15-31-26-25-19/h6-15,20H,5H2,1-4H3,(H,24,28)/t20-/m1/s1. The highest BCUT2D eigenvalue weighted by molar-refractivity contribution is 7.03. The topological polar surface area (TPSA) is 84.4 Å². The number of nitrogens with one attached hydrogen (secondary N) is 1. The highest BCUT2D eigenvalue weighted by Crippen LogP contribution is 2.31. The molecule has 2 amide bonds. The van der Waals surface area contributed by atoms with E-state index in [9.17, 15) is 9.59 Å². The molecule has 0 bridgehead atoms. The molecule has 7 nitrogen and oxygen atoms in total. The first-order valence-electron chi connectivity index (χ1n) is 9.98. The van der Waals surface area contributed by atoms with Crippen molar-refractivity contribution in [2.45, 2.75) is 38.8 Å². The van der Waals surface area contributed by atoms with Gasteiger partial charge in [-0.15, -0.1) is 5.10 Å². The number of amides is 2. The van der Waals surface area contributed by atoms with Gasteiger partial charge in [0.1, 0.15) is 11.8 Å². The molecule has 0 radical (unpaired) electrons. The Balaban J connectivity index is 2.16. The summed E-state index contributed by atoms with van der Waals surface area (Å²) in [7, 11) is 1.56. The van der Waals surface area contributed by atoms with E-state index in [-0.39, 0.29) is 11.6 Å². The fourth-order valence-electron chi connectivity index (χ4n) is 3.07. The summed E-state index contributed by atoms with van der Waals surface area (Å²) in [5, 5.41) is 8.61. The predicted molar refractivity (Wildman–Crippen MR) is 121 cm³/mol. The smallest absolute Gasteiger partial charge is 0.280 e. The number of ether oxygens (including phenoxy) is 1. The van der Waals surface area contributed by atoms with E-state index in [1.807, 2.05) is 45.0 Å². The normalized spacial score (nSPS) is 12.1. The molecular weight excluding hydrogens is 412 g/mol. The van der Waals surface area contributed by atoms with Crippen LogP contribution in [0.4, 0.5) is 5.69 Å². The summed E-state index contributed by atoms with van der Waals surface area (Å²) in [4.78, 5) is 28.6. The van der Waals surface area contributed by atoms with Crippen molar-refractivity contribution >= 4 is 29.0 Å². The van der Waals surface area contributed by atoms with Gasteiger partial charge in [-0.3, -0.25) is 14.5 Å². The van der Waals surface area contributed by atoms with Crippen molar-refractivity contribution in [3.63, 3.8) is 0 Å². The van der Waals surface area contributed by atoms with Gasteiger partial charge in [0, 0.05) is 16.6 Å². The van der Waals surface area contributed by atoms with Crippen LogP contribution in [-0.4, -0.2) is 34.1 Å². The number of anilines is 1. The van der Waals surface area contributed by atoms with Crippen LogP contribution in [0.1, 0.15) is 49.3 Å². The molecule has 0 aliphatic rings. The van der Waals surface area contributed by atoms with Crippen LogP contribution >= 0.6 is 11.5 Å². The van der Waals surface area contributed by atoms with E-state index < -0.39 is 17.5 Å². The first-order chi connectivity index (χ1) is 14.9.